The third kappa shape index (κ3) is 5.08. The minimum atomic E-state index is -3.05. The molecule has 0 spiro atoms. The second kappa shape index (κ2) is 9.00. The second-order valence-electron chi connectivity index (χ2n) is 7.03. The summed E-state index contributed by atoms with van der Waals surface area (Å²) in [7, 11) is -3.05. The van der Waals surface area contributed by atoms with Gasteiger partial charge < -0.3 is 15.6 Å². The average Bonchev–Trinajstić information content (AvgIpc) is 3.25. The average molecular weight is 450 g/mol. The summed E-state index contributed by atoms with van der Waals surface area (Å²) in [6.45, 7) is 5.91. The third-order valence-corrected chi connectivity index (χ3v) is 7.59. The molecule has 2 heterocycles. The molecular formula is C19H23N5O4S2. The van der Waals surface area contributed by atoms with Crippen LogP contribution >= 0.6 is 11.8 Å². The Balaban J connectivity index is 1.71. The number of nitrogens with two attached hydrogens (primary N) is 1. The van der Waals surface area contributed by atoms with E-state index in [1.165, 1.54) is 11.8 Å². The molecule has 1 saturated heterocycles. The standard InChI is InChI=1S/C19H23N5O4S2/c1-3-9-24-17(14-8-10-30(27,28)11-14)22-23-19(24)29-12(2)18(26)21-15-6-4-13(5-7-15)16(20)25/h3-7,12,14H,1,8-11H2,2H3,(H2,20,25)(H,21,26). The minimum Gasteiger partial charge on any atom is -0.366 e. The number of carbonyl (C=O) groups excluding carboxylic acids is 2. The predicted octanol–water partition coefficient (Wildman–Crippen LogP) is 1.58. The molecule has 2 unspecified atom stereocenters. The second-order valence-corrected chi connectivity index (χ2v) is 10.6. The van der Waals surface area contributed by atoms with E-state index in [2.05, 4.69) is 22.1 Å². The molecule has 9 nitrogen and oxygen atoms in total. The van der Waals surface area contributed by atoms with Crippen molar-refractivity contribution in [2.75, 3.05) is 16.8 Å². The number of nitrogens with one attached hydrogen (secondary N) is 1. The number of thioether (sulfide) groups is 1. The Bertz CT molecular complexity index is 1060. The number of hydrogen-bond acceptors (Lipinski definition) is 7. The van der Waals surface area contributed by atoms with Gasteiger partial charge in [0.25, 0.3) is 0 Å². The first-order valence-corrected chi connectivity index (χ1v) is 12.0. The lowest BCUT2D eigenvalue weighted by molar-refractivity contribution is -0.115. The molecule has 2 amide bonds. The van der Waals surface area contributed by atoms with Gasteiger partial charge in [0, 0.05) is 23.7 Å². The Labute approximate surface area is 179 Å². The molecule has 3 N–H and O–H groups in total. The van der Waals surface area contributed by atoms with Crippen LogP contribution in [0.5, 0.6) is 0 Å². The van der Waals surface area contributed by atoms with Gasteiger partial charge in [-0.1, -0.05) is 17.8 Å². The molecule has 160 valence electrons. The Kier molecular flexibility index (Phi) is 6.61. The molecule has 0 bridgehead atoms. The van der Waals surface area contributed by atoms with E-state index in [-0.39, 0.29) is 23.3 Å². The number of primary amides is 1. The molecule has 1 aromatic heterocycles. The van der Waals surface area contributed by atoms with Crippen molar-refractivity contribution < 1.29 is 18.0 Å². The summed E-state index contributed by atoms with van der Waals surface area (Å²) in [5.74, 6) is -0.175. The van der Waals surface area contributed by atoms with Crippen molar-refractivity contribution >= 4 is 39.1 Å². The van der Waals surface area contributed by atoms with Crippen molar-refractivity contribution in [3.63, 3.8) is 0 Å². The van der Waals surface area contributed by atoms with Crippen LogP contribution in [0.1, 0.15) is 35.4 Å². The van der Waals surface area contributed by atoms with Crippen molar-refractivity contribution in [1.29, 1.82) is 0 Å². The Morgan fingerprint density at radius 3 is 2.63 bits per heavy atom. The van der Waals surface area contributed by atoms with Gasteiger partial charge >= 0.3 is 0 Å². The zero-order valence-corrected chi connectivity index (χ0v) is 18.1. The number of sulfone groups is 1. The summed E-state index contributed by atoms with van der Waals surface area (Å²) in [6.07, 6.45) is 2.20. The highest BCUT2D eigenvalue weighted by atomic mass is 32.2. The van der Waals surface area contributed by atoms with Crippen LogP contribution in [0.25, 0.3) is 0 Å². The highest BCUT2D eigenvalue weighted by molar-refractivity contribution is 8.00. The van der Waals surface area contributed by atoms with E-state index in [0.29, 0.717) is 35.2 Å². The number of benzene rings is 1. The maximum atomic E-state index is 12.6. The maximum absolute atomic E-state index is 12.6. The molecule has 3 rings (SSSR count). The molecule has 1 aliphatic rings. The van der Waals surface area contributed by atoms with Crippen LogP contribution in [-0.4, -0.2) is 51.8 Å². The van der Waals surface area contributed by atoms with Crippen LogP contribution in [0, 0.1) is 0 Å². The SMILES string of the molecule is C=CCn1c(SC(C)C(=O)Nc2ccc(C(N)=O)cc2)nnc1C1CCS(=O)(=O)C1. The van der Waals surface area contributed by atoms with E-state index in [0.717, 1.165) is 0 Å². The molecule has 0 radical (unpaired) electrons. The topological polar surface area (TPSA) is 137 Å². The number of hydrogen-bond donors (Lipinski definition) is 2. The van der Waals surface area contributed by atoms with Gasteiger partial charge in [-0.2, -0.15) is 0 Å². The molecule has 0 aliphatic carbocycles. The Morgan fingerprint density at radius 1 is 1.37 bits per heavy atom. The minimum absolute atomic E-state index is 0.0598. The highest BCUT2D eigenvalue weighted by Gasteiger charge is 2.33. The number of nitrogens with zero attached hydrogens (tertiary/aromatic N) is 3. The van der Waals surface area contributed by atoms with Crippen LogP contribution in [0.4, 0.5) is 5.69 Å². The first kappa shape index (κ1) is 22.0. The van der Waals surface area contributed by atoms with Crippen LogP contribution in [0.2, 0.25) is 0 Å². The highest BCUT2D eigenvalue weighted by Crippen LogP contribution is 2.31. The molecule has 1 aromatic carbocycles. The van der Waals surface area contributed by atoms with E-state index in [9.17, 15) is 18.0 Å². The summed E-state index contributed by atoms with van der Waals surface area (Å²) >= 11 is 1.23. The quantitative estimate of drug-likeness (QED) is 0.461. The van der Waals surface area contributed by atoms with Crippen LogP contribution < -0.4 is 11.1 Å². The van der Waals surface area contributed by atoms with Gasteiger partial charge in [0.1, 0.15) is 5.82 Å². The Morgan fingerprint density at radius 2 is 2.07 bits per heavy atom. The fraction of sp³-hybridized carbons (Fsp3) is 0.368. The van der Waals surface area contributed by atoms with Crippen LogP contribution in [-0.2, 0) is 21.2 Å². The number of aromatic nitrogens is 3. The van der Waals surface area contributed by atoms with E-state index >= 15 is 0 Å². The van der Waals surface area contributed by atoms with Crippen molar-refractivity contribution in [2.45, 2.75) is 36.2 Å². The van der Waals surface area contributed by atoms with Gasteiger partial charge in [0.2, 0.25) is 11.8 Å². The normalized spacial score (nSPS) is 18.6. The molecular weight excluding hydrogens is 426 g/mol. The lowest BCUT2D eigenvalue weighted by atomic mass is 10.1. The number of rotatable bonds is 8. The fourth-order valence-corrected chi connectivity index (χ4v) is 5.77. The van der Waals surface area contributed by atoms with Gasteiger partial charge in [-0.3, -0.25) is 9.59 Å². The van der Waals surface area contributed by atoms with Gasteiger partial charge in [-0.25, -0.2) is 8.42 Å². The smallest absolute Gasteiger partial charge is 0.248 e. The largest absolute Gasteiger partial charge is 0.366 e. The van der Waals surface area contributed by atoms with Gasteiger partial charge in [-0.15, -0.1) is 16.8 Å². The third-order valence-electron chi connectivity index (χ3n) is 4.74. The van der Waals surface area contributed by atoms with Gasteiger partial charge in [0.15, 0.2) is 15.0 Å². The van der Waals surface area contributed by atoms with Crippen molar-refractivity contribution in [1.82, 2.24) is 14.8 Å². The van der Waals surface area contributed by atoms with E-state index in [4.69, 9.17) is 5.73 Å². The zero-order valence-electron chi connectivity index (χ0n) is 16.4. The van der Waals surface area contributed by atoms with E-state index in [1.807, 2.05) is 4.57 Å². The fourth-order valence-electron chi connectivity index (χ4n) is 3.16. The zero-order chi connectivity index (χ0) is 21.9. The molecule has 30 heavy (non-hydrogen) atoms. The van der Waals surface area contributed by atoms with E-state index in [1.54, 1.807) is 37.3 Å². The van der Waals surface area contributed by atoms with Crippen molar-refractivity contribution in [2.24, 2.45) is 5.73 Å². The van der Waals surface area contributed by atoms with Gasteiger partial charge in [-0.05, 0) is 37.6 Å². The number of carbonyl (C=O) groups is 2. The molecule has 11 heteroatoms. The first-order valence-electron chi connectivity index (χ1n) is 9.32. The molecule has 2 atom stereocenters. The molecule has 0 saturated carbocycles. The maximum Gasteiger partial charge on any atom is 0.248 e. The van der Waals surface area contributed by atoms with Crippen LogP contribution in [0.3, 0.4) is 0 Å². The summed E-state index contributed by atoms with van der Waals surface area (Å²) in [6, 6.07) is 6.29. The lowest BCUT2D eigenvalue weighted by Crippen LogP contribution is -2.23. The van der Waals surface area contributed by atoms with Crippen molar-refractivity contribution in [3.8, 4) is 0 Å². The lowest BCUT2D eigenvalue weighted by Gasteiger charge is -2.14. The number of amides is 2. The first-order chi connectivity index (χ1) is 14.2. The monoisotopic (exact) mass is 449 g/mol. The number of allylic oxidation sites excluding steroid dienone is 1. The van der Waals surface area contributed by atoms with Crippen LogP contribution in [0.15, 0.2) is 42.1 Å². The molecule has 1 fully saturated rings. The molecule has 1 aliphatic heterocycles. The summed E-state index contributed by atoms with van der Waals surface area (Å²) in [5.41, 5.74) is 6.11. The molecule has 2 aromatic rings. The predicted molar refractivity (Wildman–Crippen MR) is 115 cm³/mol. The number of anilines is 1. The summed E-state index contributed by atoms with van der Waals surface area (Å²) < 4.78 is 25.5. The summed E-state index contributed by atoms with van der Waals surface area (Å²) in [5, 5.41) is 11.2. The Hall–Kier alpha value is -2.66. The summed E-state index contributed by atoms with van der Waals surface area (Å²) in [4.78, 5) is 23.7. The van der Waals surface area contributed by atoms with Gasteiger partial charge in [0.05, 0.1) is 16.8 Å². The van der Waals surface area contributed by atoms with E-state index < -0.39 is 21.0 Å². The van der Waals surface area contributed by atoms with Crippen molar-refractivity contribution in [3.05, 3.63) is 48.3 Å².